The molecule has 22 heavy (non-hydrogen) atoms. The summed E-state index contributed by atoms with van der Waals surface area (Å²) in [6, 6.07) is 5.88. The van der Waals surface area contributed by atoms with Gasteiger partial charge in [-0.05, 0) is 38.8 Å². The number of aromatic nitrogens is 2. The van der Waals surface area contributed by atoms with E-state index in [9.17, 15) is 4.79 Å². The van der Waals surface area contributed by atoms with Crippen molar-refractivity contribution >= 4 is 28.2 Å². The number of nitrogens with zero attached hydrogens (tertiary/aromatic N) is 3. The van der Waals surface area contributed by atoms with Crippen molar-refractivity contribution in [3.8, 4) is 0 Å². The van der Waals surface area contributed by atoms with Gasteiger partial charge in [0.15, 0.2) is 5.13 Å². The van der Waals surface area contributed by atoms with Crippen LogP contribution in [0, 0.1) is 19.8 Å². The fourth-order valence-corrected chi connectivity index (χ4v) is 3.49. The second-order valence-electron chi connectivity index (χ2n) is 5.62. The Hall–Kier alpha value is -1.95. The third-order valence-electron chi connectivity index (χ3n) is 4.02. The largest absolute Gasteiger partial charge is 0.356 e. The minimum atomic E-state index is -0.0136. The number of carbonyl (C=O) groups excluding carboxylic acids is 1. The molecule has 2 aromatic heterocycles. The summed E-state index contributed by atoms with van der Waals surface area (Å²) < 4.78 is 0. The first-order valence-electron chi connectivity index (χ1n) is 7.54. The van der Waals surface area contributed by atoms with Crippen LogP contribution in [0.15, 0.2) is 24.4 Å². The molecule has 0 spiro atoms. The van der Waals surface area contributed by atoms with E-state index in [0.717, 1.165) is 35.8 Å². The van der Waals surface area contributed by atoms with Gasteiger partial charge in [0.05, 0.1) is 11.6 Å². The van der Waals surface area contributed by atoms with Crippen molar-refractivity contribution in [3.63, 3.8) is 0 Å². The van der Waals surface area contributed by atoms with E-state index in [1.807, 2.05) is 32.0 Å². The second-order valence-corrected chi connectivity index (χ2v) is 6.83. The molecule has 1 fully saturated rings. The Morgan fingerprint density at radius 1 is 1.41 bits per heavy atom. The standard InChI is InChI=1S/C16H20N4OS/c1-11-12(2)22-16(18-11)19-15(21)13-6-5-9-20(10-13)14-7-3-4-8-17-14/h3-4,7-8,13H,5-6,9-10H2,1-2H3,(H,18,19,21)/t13-/m0/s1. The summed E-state index contributed by atoms with van der Waals surface area (Å²) in [6.07, 6.45) is 3.71. The van der Waals surface area contributed by atoms with Crippen LogP contribution in [-0.2, 0) is 4.79 Å². The molecule has 0 bridgehead atoms. The fraction of sp³-hybridized carbons (Fsp3) is 0.438. The topological polar surface area (TPSA) is 58.1 Å². The van der Waals surface area contributed by atoms with Gasteiger partial charge < -0.3 is 10.2 Å². The van der Waals surface area contributed by atoms with Gasteiger partial charge in [-0.2, -0.15) is 0 Å². The van der Waals surface area contributed by atoms with E-state index in [2.05, 4.69) is 20.2 Å². The van der Waals surface area contributed by atoms with E-state index >= 15 is 0 Å². The molecular weight excluding hydrogens is 296 g/mol. The van der Waals surface area contributed by atoms with E-state index in [0.29, 0.717) is 11.7 Å². The molecule has 0 radical (unpaired) electrons. The van der Waals surface area contributed by atoms with Gasteiger partial charge in [0, 0.05) is 24.2 Å². The number of aryl methyl sites for hydroxylation is 2. The van der Waals surface area contributed by atoms with Gasteiger partial charge in [-0.1, -0.05) is 6.07 Å². The third kappa shape index (κ3) is 3.27. The first-order valence-corrected chi connectivity index (χ1v) is 8.36. The molecule has 1 aliphatic rings. The molecule has 6 heteroatoms. The smallest absolute Gasteiger partial charge is 0.231 e. The number of rotatable bonds is 3. The monoisotopic (exact) mass is 316 g/mol. The lowest BCUT2D eigenvalue weighted by Crippen LogP contribution is -2.41. The average Bonchev–Trinajstić information content (AvgIpc) is 2.86. The van der Waals surface area contributed by atoms with Crippen LogP contribution in [0.25, 0.3) is 0 Å². The number of hydrogen-bond donors (Lipinski definition) is 1. The van der Waals surface area contributed by atoms with Gasteiger partial charge in [-0.25, -0.2) is 9.97 Å². The third-order valence-corrected chi connectivity index (χ3v) is 5.01. The maximum atomic E-state index is 12.5. The lowest BCUT2D eigenvalue weighted by Gasteiger charge is -2.32. The van der Waals surface area contributed by atoms with Crippen molar-refractivity contribution in [2.24, 2.45) is 5.92 Å². The predicted molar refractivity (Wildman–Crippen MR) is 89.4 cm³/mol. The molecule has 1 aliphatic heterocycles. The first-order chi connectivity index (χ1) is 10.6. The normalized spacial score (nSPS) is 18.3. The molecule has 2 aromatic rings. The molecule has 116 valence electrons. The number of thiazole rings is 1. The van der Waals surface area contributed by atoms with E-state index in [1.165, 1.54) is 11.3 Å². The van der Waals surface area contributed by atoms with Gasteiger partial charge >= 0.3 is 0 Å². The summed E-state index contributed by atoms with van der Waals surface area (Å²) in [5, 5.41) is 3.67. The van der Waals surface area contributed by atoms with Crippen molar-refractivity contribution < 1.29 is 4.79 Å². The summed E-state index contributed by atoms with van der Waals surface area (Å²) in [6.45, 7) is 5.65. The number of nitrogens with one attached hydrogen (secondary N) is 1. The zero-order chi connectivity index (χ0) is 15.5. The number of anilines is 2. The lowest BCUT2D eigenvalue weighted by atomic mass is 9.97. The molecule has 0 aliphatic carbocycles. The molecule has 0 saturated carbocycles. The first kappa shape index (κ1) is 15.0. The molecule has 1 saturated heterocycles. The Kier molecular flexibility index (Phi) is 4.38. The number of pyridine rings is 1. The number of piperidine rings is 1. The lowest BCUT2D eigenvalue weighted by molar-refractivity contribution is -0.120. The molecule has 3 heterocycles. The van der Waals surface area contributed by atoms with Gasteiger partial charge in [0.1, 0.15) is 5.82 Å². The minimum absolute atomic E-state index is 0.0136. The Bertz CT molecular complexity index is 636. The van der Waals surface area contributed by atoms with E-state index in [1.54, 1.807) is 6.20 Å². The highest BCUT2D eigenvalue weighted by Crippen LogP contribution is 2.25. The Balaban J connectivity index is 1.65. The van der Waals surface area contributed by atoms with Gasteiger partial charge in [-0.15, -0.1) is 11.3 Å². The van der Waals surface area contributed by atoms with Crippen LogP contribution in [-0.4, -0.2) is 29.0 Å². The van der Waals surface area contributed by atoms with Gasteiger partial charge in [0.25, 0.3) is 0 Å². The van der Waals surface area contributed by atoms with Crippen LogP contribution in [0.5, 0.6) is 0 Å². The number of hydrogen-bond acceptors (Lipinski definition) is 5. The van der Waals surface area contributed by atoms with Crippen LogP contribution in [0.4, 0.5) is 10.9 Å². The minimum Gasteiger partial charge on any atom is -0.356 e. The Labute approximate surface area is 134 Å². The highest BCUT2D eigenvalue weighted by molar-refractivity contribution is 7.15. The average molecular weight is 316 g/mol. The molecule has 1 atom stereocenters. The maximum Gasteiger partial charge on any atom is 0.231 e. The SMILES string of the molecule is Cc1nc(NC(=O)[C@H]2CCCN(c3ccccn3)C2)sc1C. The van der Waals surface area contributed by atoms with E-state index < -0.39 is 0 Å². The van der Waals surface area contributed by atoms with Crippen LogP contribution in [0.1, 0.15) is 23.4 Å². The molecule has 3 rings (SSSR count). The van der Waals surface area contributed by atoms with Crippen molar-refractivity contribution in [2.75, 3.05) is 23.3 Å². The predicted octanol–water partition coefficient (Wildman–Crippen LogP) is 3.01. The summed E-state index contributed by atoms with van der Waals surface area (Å²) in [4.78, 5) is 24.6. The van der Waals surface area contributed by atoms with E-state index in [4.69, 9.17) is 0 Å². The summed E-state index contributed by atoms with van der Waals surface area (Å²) >= 11 is 1.53. The molecule has 0 unspecified atom stereocenters. The second kappa shape index (κ2) is 6.44. The van der Waals surface area contributed by atoms with Crippen LogP contribution in [0.2, 0.25) is 0 Å². The molecule has 1 N–H and O–H groups in total. The zero-order valence-electron chi connectivity index (χ0n) is 12.9. The molecule has 5 nitrogen and oxygen atoms in total. The highest BCUT2D eigenvalue weighted by atomic mass is 32.1. The molecule has 1 amide bonds. The Morgan fingerprint density at radius 2 is 2.27 bits per heavy atom. The van der Waals surface area contributed by atoms with Gasteiger partial charge in [0.2, 0.25) is 5.91 Å². The summed E-state index contributed by atoms with van der Waals surface area (Å²) in [7, 11) is 0. The van der Waals surface area contributed by atoms with Crippen molar-refractivity contribution in [1.82, 2.24) is 9.97 Å². The van der Waals surface area contributed by atoms with Gasteiger partial charge in [-0.3, -0.25) is 4.79 Å². The summed E-state index contributed by atoms with van der Waals surface area (Å²) in [5.41, 5.74) is 0.985. The Morgan fingerprint density at radius 3 is 2.95 bits per heavy atom. The number of carbonyl (C=O) groups is 1. The fourth-order valence-electron chi connectivity index (χ4n) is 2.67. The van der Waals surface area contributed by atoms with Crippen LogP contribution in [0.3, 0.4) is 0 Å². The highest BCUT2D eigenvalue weighted by Gasteiger charge is 2.27. The van der Waals surface area contributed by atoms with Crippen LogP contribution >= 0.6 is 11.3 Å². The van der Waals surface area contributed by atoms with Crippen molar-refractivity contribution in [3.05, 3.63) is 35.0 Å². The van der Waals surface area contributed by atoms with Crippen molar-refractivity contribution in [1.29, 1.82) is 0 Å². The maximum absolute atomic E-state index is 12.5. The van der Waals surface area contributed by atoms with Crippen molar-refractivity contribution in [2.45, 2.75) is 26.7 Å². The molecule has 0 aromatic carbocycles. The quantitative estimate of drug-likeness (QED) is 0.945. The van der Waals surface area contributed by atoms with Crippen LogP contribution < -0.4 is 10.2 Å². The zero-order valence-corrected chi connectivity index (χ0v) is 13.7. The summed E-state index contributed by atoms with van der Waals surface area (Å²) in [5.74, 6) is 0.996. The van der Waals surface area contributed by atoms with E-state index in [-0.39, 0.29) is 11.8 Å². The molecular formula is C16H20N4OS. The number of amides is 1.